The Hall–Kier alpha value is 0.456. The molecule has 0 spiro atoms. The van der Waals surface area contributed by atoms with Crippen molar-refractivity contribution in [3.8, 4) is 0 Å². The first kappa shape index (κ1) is 17.8. The summed E-state index contributed by atoms with van der Waals surface area (Å²) in [5.41, 5.74) is 1.92. The Bertz CT molecular complexity index is 337. The Kier molecular flexibility index (Phi) is 11.5. The van der Waals surface area contributed by atoms with Crippen LogP contribution in [0.5, 0.6) is 0 Å². The van der Waals surface area contributed by atoms with Crippen molar-refractivity contribution < 1.29 is 73.4 Å². The Balaban J connectivity index is 0. The molecule has 1 aromatic rings. The molecule has 75 valence electrons. The summed E-state index contributed by atoms with van der Waals surface area (Å²) >= 11 is 0. The van der Waals surface area contributed by atoms with Crippen molar-refractivity contribution in [1.82, 2.24) is 0 Å². The average molecular weight is 501 g/mol. The van der Waals surface area contributed by atoms with Crippen LogP contribution in [0.25, 0.3) is 5.57 Å². The molecule has 0 aliphatic carbocycles. The molecule has 0 aromatic heterocycles. The molecule has 0 aliphatic heterocycles. The second-order valence-electron chi connectivity index (χ2n) is 2.53. The maximum atomic E-state index is 10.5. The summed E-state index contributed by atoms with van der Waals surface area (Å²) in [6, 6.07) is 7.33. The molecule has 1 aromatic carbocycles. The van der Waals surface area contributed by atoms with Gasteiger partial charge in [0.2, 0.25) is 0 Å². The van der Waals surface area contributed by atoms with Gasteiger partial charge in [-0.05, 0) is 6.26 Å². The maximum absolute atomic E-state index is 10.5. The molecule has 2 nitrogen and oxygen atoms in total. The predicted octanol–water partition coefficient (Wildman–Crippen LogP) is 1.96. The van der Waals surface area contributed by atoms with Crippen molar-refractivity contribution in [2.24, 2.45) is 0 Å². The van der Waals surface area contributed by atoms with Crippen LogP contribution >= 0.6 is 0 Å². The molecule has 0 saturated carbocycles. The fourth-order valence-electron chi connectivity index (χ4n) is 1.04. The summed E-state index contributed by atoms with van der Waals surface area (Å²) in [5.74, 6) is 0. The van der Waals surface area contributed by atoms with Crippen molar-refractivity contribution in [3.05, 3.63) is 48.6 Å². The third-order valence-corrected chi connectivity index (χ3v) is 1.65. The standard InChI is InChI=1S/C11H10O2.U.Y/c1-9-5-3-4-6-11(9)10(7-12)8-13-2;;/h3-6,8H,1H2,2H3;;/q-2;;. The molecule has 0 fully saturated rings. The van der Waals surface area contributed by atoms with Gasteiger partial charge in [-0.25, -0.2) is 0 Å². The number of rotatable bonds is 3. The van der Waals surface area contributed by atoms with E-state index in [0.29, 0.717) is 5.57 Å². The number of hydrogen-bond donors (Lipinski definition) is 0. The molecule has 0 atom stereocenters. The van der Waals surface area contributed by atoms with Crippen molar-refractivity contribution in [2.75, 3.05) is 7.11 Å². The van der Waals surface area contributed by atoms with E-state index in [2.05, 4.69) is 6.92 Å². The molecule has 0 heterocycles. The Morgan fingerprint density at radius 2 is 2.07 bits per heavy atom. The zero-order valence-electron chi connectivity index (χ0n) is 8.49. The predicted molar refractivity (Wildman–Crippen MR) is 51.6 cm³/mol. The molecule has 0 bridgehead atoms. The molecular formula is C11H10O2UY-2. The van der Waals surface area contributed by atoms with E-state index in [1.807, 2.05) is 18.2 Å². The zero-order valence-corrected chi connectivity index (χ0v) is 15.5. The average Bonchev–Trinajstić information content (AvgIpc) is 2.16. The topological polar surface area (TPSA) is 26.3 Å². The molecule has 0 amide bonds. The number of carbonyl (C=O) groups excluding carboxylic acids is 1. The number of methoxy groups -OCH3 is 1. The first-order valence-corrected chi connectivity index (χ1v) is 3.82. The van der Waals surface area contributed by atoms with Gasteiger partial charge in [-0.1, -0.05) is 6.07 Å². The van der Waals surface area contributed by atoms with Gasteiger partial charge in [0.15, 0.2) is 0 Å². The Morgan fingerprint density at radius 3 is 2.53 bits per heavy atom. The van der Waals surface area contributed by atoms with Gasteiger partial charge >= 0.3 is 0 Å². The first-order valence-electron chi connectivity index (χ1n) is 3.82. The van der Waals surface area contributed by atoms with E-state index in [0.717, 1.165) is 11.1 Å². The van der Waals surface area contributed by atoms with Gasteiger partial charge in [-0.3, -0.25) is 0 Å². The van der Waals surface area contributed by atoms with Gasteiger partial charge in [0.25, 0.3) is 0 Å². The summed E-state index contributed by atoms with van der Waals surface area (Å²) < 4.78 is 4.75. The summed E-state index contributed by atoms with van der Waals surface area (Å²) in [4.78, 5) is 10.5. The largest absolute Gasteiger partial charge is 0.561 e. The fourth-order valence-corrected chi connectivity index (χ4v) is 1.04. The van der Waals surface area contributed by atoms with Crippen LogP contribution in [0.4, 0.5) is 0 Å². The first-order chi connectivity index (χ1) is 6.29. The van der Waals surface area contributed by atoms with Crippen LogP contribution in [0.2, 0.25) is 0 Å². The second kappa shape index (κ2) is 9.67. The van der Waals surface area contributed by atoms with Crippen molar-refractivity contribution in [3.63, 3.8) is 0 Å². The van der Waals surface area contributed by atoms with Crippen LogP contribution in [0.1, 0.15) is 11.1 Å². The van der Waals surface area contributed by atoms with Gasteiger partial charge in [-0.15, -0.1) is 23.3 Å². The minimum Gasteiger partial charge on any atom is -0.561 e. The van der Waals surface area contributed by atoms with Gasteiger partial charge in [0.05, 0.1) is 13.4 Å². The molecule has 1 rings (SSSR count). The monoisotopic (exact) mass is 501 g/mol. The van der Waals surface area contributed by atoms with Crippen molar-refractivity contribution >= 4 is 11.9 Å². The van der Waals surface area contributed by atoms with E-state index in [1.165, 1.54) is 13.4 Å². The minimum atomic E-state index is 0. The van der Waals surface area contributed by atoms with E-state index in [1.54, 1.807) is 12.4 Å². The number of benzene rings is 1. The molecule has 4 heteroatoms. The number of allylic oxidation sites excluding steroid dienone is 1. The van der Waals surface area contributed by atoms with Crippen molar-refractivity contribution in [1.29, 1.82) is 0 Å². The molecule has 0 unspecified atom stereocenters. The quantitative estimate of drug-likeness (QED) is 0.360. The molecule has 0 saturated heterocycles. The van der Waals surface area contributed by atoms with E-state index in [9.17, 15) is 4.79 Å². The zero-order chi connectivity index (χ0) is 9.68. The summed E-state index contributed by atoms with van der Waals surface area (Å²) in [6.07, 6.45) is 3.16. The third-order valence-electron chi connectivity index (χ3n) is 1.65. The van der Waals surface area contributed by atoms with Gasteiger partial charge < -0.3 is 9.53 Å². The van der Waals surface area contributed by atoms with Crippen LogP contribution < -0.4 is 0 Å². The van der Waals surface area contributed by atoms with Crippen LogP contribution in [0.15, 0.2) is 30.5 Å². The molecule has 1 radical (unpaired) electrons. The molecule has 15 heavy (non-hydrogen) atoms. The SMILES string of the molecule is [CH2-]c1ccccc1C([C-]=O)=COC.[U].[Y]. The normalized spacial score (nSPS) is 9.53. The fraction of sp³-hybridized carbons (Fsp3) is 0.0909. The van der Waals surface area contributed by atoms with E-state index in [4.69, 9.17) is 4.74 Å². The second-order valence-corrected chi connectivity index (χ2v) is 2.53. The number of hydrogen-bond acceptors (Lipinski definition) is 2. The van der Waals surface area contributed by atoms with Crippen LogP contribution in [0, 0.1) is 38.0 Å². The van der Waals surface area contributed by atoms with Gasteiger partial charge in [0.1, 0.15) is 0 Å². The van der Waals surface area contributed by atoms with E-state index >= 15 is 0 Å². The maximum Gasteiger partial charge on any atom is 0.0661 e. The van der Waals surface area contributed by atoms with Crippen molar-refractivity contribution in [2.45, 2.75) is 0 Å². The third kappa shape index (κ3) is 5.36. The van der Waals surface area contributed by atoms with E-state index in [-0.39, 0.29) is 63.8 Å². The number of ether oxygens (including phenoxy) is 1. The minimum absolute atomic E-state index is 0. The Morgan fingerprint density at radius 1 is 1.47 bits per heavy atom. The summed E-state index contributed by atoms with van der Waals surface area (Å²) in [6.45, 7) is 3.80. The van der Waals surface area contributed by atoms with Crippen LogP contribution in [-0.4, -0.2) is 13.4 Å². The molecule has 0 N–H and O–H groups in total. The molecular weight excluding hydrogens is 491 g/mol. The van der Waals surface area contributed by atoms with Crippen LogP contribution in [0.3, 0.4) is 0 Å². The molecule has 0 aliphatic rings. The summed E-state index contributed by atoms with van der Waals surface area (Å²) in [7, 11) is 1.49. The Labute approximate surface area is 139 Å². The summed E-state index contributed by atoms with van der Waals surface area (Å²) in [5, 5.41) is 0. The smallest absolute Gasteiger partial charge is 0.0661 e. The van der Waals surface area contributed by atoms with Gasteiger partial charge in [-0.2, -0.15) is 18.6 Å². The van der Waals surface area contributed by atoms with Gasteiger partial charge in [0, 0.05) is 63.8 Å². The van der Waals surface area contributed by atoms with E-state index < -0.39 is 0 Å². The van der Waals surface area contributed by atoms with Crippen LogP contribution in [-0.2, 0) is 42.2 Å².